The van der Waals surface area contributed by atoms with E-state index < -0.39 is 17.5 Å². The van der Waals surface area contributed by atoms with E-state index >= 15 is 0 Å². The number of benzene rings is 2. The van der Waals surface area contributed by atoms with Crippen molar-refractivity contribution in [2.24, 2.45) is 5.92 Å². The van der Waals surface area contributed by atoms with Crippen LogP contribution < -0.4 is 9.47 Å². The molecule has 1 aliphatic rings. The Morgan fingerprint density at radius 1 is 0.963 bits per heavy atom. The fourth-order valence-corrected chi connectivity index (χ4v) is 3.63. The lowest BCUT2D eigenvalue weighted by atomic mass is 9.79. The summed E-state index contributed by atoms with van der Waals surface area (Å²) in [6.07, 6.45) is 3.05. The molecule has 6 heteroatoms. The maximum Gasteiger partial charge on any atom is 0.200 e. The van der Waals surface area contributed by atoms with E-state index in [4.69, 9.17) is 14.6 Å². The molecule has 146 valence electrons. The first kappa shape index (κ1) is 19.5. The lowest BCUT2D eigenvalue weighted by Crippen LogP contribution is -2.20. The van der Waals surface area contributed by atoms with Crippen molar-refractivity contribution in [1.29, 1.82) is 0 Å². The van der Waals surface area contributed by atoms with Gasteiger partial charge in [0.1, 0.15) is 0 Å². The standard InChI is InChI=1S/C21H23F3O3/c1-26-19-9-7-16(20(23)21(19)24)15-5-2-13(3-6-15)12-27-18-8-4-14(11-25)10-17(18)22/h4,7-10,13,15,25H,2-3,5-6,11-12H2,1H3. The number of ether oxygens (including phenoxy) is 2. The molecule has 2 aromatic rings. The van der Waals surface area contributed by atoms with Crippen molar-refractivity contribution in [2.45, 2.75) is 38.2 Å². The lowest BCUT2D eigenvalue weighted by Gasteiger charge is -2.29. The van der Waals surface area contributed by atoms with Crippen LogP contribution in [-0.2, 0) is 6.61 Å². The molecule has 3 nitrogen and oxygen atoms in total. The summed E-state index contributed by atoms with van der Waals surface area (Å²) in [5, 5.41) is 9.01. The molecule has 1 aliphatic carbocycles. The highest BCUT2D eigenvalue weighted by molar-refractivity contribution is 5.33. The molecule has 0 bridgehead atoms. The fraction of sp³-hybridized carbons (Fsp3) is 0.429. The highest BCUT2D eigenvalue weighted by Crippen LogP contribution is 2.38. The number of rotatable bonds is 6. The van der Waals surface area contributed by atoms with Crippen LogP contribution in [0.15, 0.2) is 30.3 Å². The second kappa shape index (κ2) is 8.65. The number of methoxy groups -OCH3 is 1. The third-order valence-electron chi connectivity index (χ3n) is 5.24. The molecule has 0 saturated heterocycles. The SMILES string of the molecule is COc1ccc(C2CCC(COc3ccc(CO)cc3F)CC2)c(F)c1F. The van der Waals surface area contributed by atoms with Crippen LogP contribution in [0.25, 0.3) is 0 Å². The average Bonchev–Trinajstić information content (AvgIpc) is 2.69. The summed E-state index contributed by atoms with van der Waals surface area (Å²) in [5.41, 5.74) is 0.882. The summed E-state index contributed by atoms with van der Waals surface area (Å²) in [6.45, 7) is 0.158. The number of hydrogen-bond acceptors (Lipinski definition) is 3. The largest absolute Gasteiger partial charge is 0.494 e. The van der Waals surface area contributed by atoms with Crippen LogP contribution in [0.5, 0.6) is 11.5 Å². The van der Waals surface area contributed by atoms with Gasteiger partial charge in [0.05, 0.1) is 20.3 Å². The number of hydrogen-bond donors (Lipinski definition) is 1. The maximum absolute atomic E-state index is 14.3. The molecule has 0 aliphatic heterocycles. The minimum absolute atomic E-state index is 0.0396. The van der Waals surface area contributed by atoms with Gasteiger partial charge < -0.3 is 14.6 Å². The molecule has 0 aromatic heterocycles. The minimum atomic E-state index is -0.942. The molecular weight excluding hydrogens is 357 g/mol. The Bertz CT molecular complexity index is 786. The van der Waals surface area contributed by atoms with Crippen LogP contribution in [0.4, 0.5) is 13.2 Å². The van der Waals surface area contributed by atoms with Crippen molar-refractivity contribution in [3.8, 4) is 11.5 Å². The van der Waals surface area contributed by atoms with E-state index in [1.54, 1.807) is 12.1 Å². The van der Waals surface area contributed by atoms with Gasteiger partial charge in [-0.15, -0.1) is 0 Å². The first-order chi connectivity index (χ1) is 13.0. The molecule has 2 aromatic carbocycles. The minimum Gasteiger partial charge on any atom is -0.494 e. The van der Waals surface area contributed by atoms with Crippen molar-refractivity contribution < 1.29 is 27.8 Å². The molecule has 0 amide bonds. The average molecular weight is 380 g/mol. The Hall–Kier alpha value is -2.21. The van der Waals surface area contributed by atoms with Gasteiger partial charge in [0, 0.05) is 0 Å². The van der Waals surface area contributed by atoms with Crippen molar-refractivity contribution >= 4 is 0 Å². The van der Waals surface area contributed by atoms with E-state index in [2.05, 4.69) is 0 Å². The quantitative estimate of drug-likeness (QED) is 0.770. The van der Waals surface area contributed by atoms with Gasteiger partial charge in [-0.25, -0.2) is 8.78 Å². The van der Waals surface area contributed by atoms with Gasteiger partial charge in [-0.05, 0) is 66.8 Å². The van der Waals surface area contributed by atoms with Crippen LogP contribution >= 0.6 is 0 Å². The van der Waals surface area contributed by atoms with Gasteiger partial charge in [-0.3, -0.25) is 0 Å². The molecule has 0 radical (unpaired) electrons. The van der Waals surface area contributed by atoms with E-state index in [-0.39, 0.29) is 29.9 Å². The zero-order chi connectivity index (χ0) is 19.4. The predicted octanol–water partition coefficient (Wildman–Crippen LogP) is 4.96. The molecule has 3 rings (SSSR count). The van der Waals surface area contributed by atoms with E-state index in [9.17, 15) is 13.2 Å². The molecular formula is C21H23F3O3. The van der Waals surface area contributed by atoms with Crippen molar-refractivity contribution in [1.82, 2.24) is 0 Å². The normalized spacial score (nSPS) is 19.7. The predicted molar refractivity (Wildman–Crippen MR) is 95.4 cm³/mol. The lowest BCUT2D eigenvalue weighted by molar-refractivity contribution is 0.193. The van der Waals surface area contributed by atoms with Crippen LogP contribution in [0.2, 0.25) is 0 Å². The number of aliphatic hydroxyl groups excluding tert-OH is 1. The Morgan fingerprint density at radius 2 is 1.67 bits per heavy atom. The van der Waals surface area contributed by atoms with Crippen LogP contribution in [-0.4, -0.2) is 18.8 Å². The second-order valence-electron chi connectivity index (χ2n) is 6.94. The Labute approximate surface area is 156 Å². The van der Waals surface area contributed by atoms with E-state index in [0.717, 1.165) is 25.7 Å². The zero-order valence-electron chi connectivity index (χ0n) is 15.2. The first-order valence-electron chi connectivity index (χ1n) is 9.07. The topological polar surface area (TPSA) is 38.7 Å². The summed E-state index contributed by atoms with van der Waals surface area (Å²) in [6, 6.07) is 7.45. The molecule has 27 heavy (non-hydrogen) atoms. The maximum atomic E-state index is 14.3. The third kappa shape index (κ3) is 4.38. The van der Waals surface area contributed by atoms with Crippen LogP contribution in [0.1, 0.15) is 42.7 Å². The molecule has 0 spiro atoms. The van der Waals surface area contributed by atoms with Gasteiger partial charge in [0.2, 0.25) is 5.82 Å². The van der Waals surface area contributed by atoms with E-state index in [1.165, 1.54) is 25.3 Å². The first-order valence-corrected chi connectivity index (χ1v) is 9.07. The van der Waals surface area contributed by atoms with Gasteiger partial charge >= 0.3 is 0 Å². The summed E-state index contributed by atoms with van der Waals surface area (Å²) in [7, 11) is 1.31. The highest BCUT2D eigenvalue weighted by Gasteiger charge is 2.27. The van der Waals surface area contributed by atoms with Gasteiger partial charge in [0.25, 0.3) is 0 Å². The Morgan fingerprint density at radius 3 is 2.30 bits per heavy atom. The number of aliphatic hydroxyl groups is 1. The van der Waals surface area contributed by atoms with Crippen LogP contribution in [0, 0.1) is 23.4 Å². The van der Waals surface area contributed by atoms with Gasteiger partial charge in [-0.1, -0.05) is 12.1 Å². The van der Waals surface area contributed by atoms with Crippen molar-refractivity contribution in [3.63, 3.8) is 0 Å². The van der Waals surface area contributed by atoms with Gasteiger partial charge in [-0.2, -0.15) is 4.39 Å². The molecule has 1 N–H and O–H groups in total. The van der Waals surface area contributed by atoms with Gasteiger partial charge in [0.15, 0.2) is 23.1 Å². The molecule has 0 heterocycles. The summed E-state index contributed by atoms with van der Waals surface area (Å²) in [4.78, 5) is 0. The molecule has 0 atom stereocenters. The molecule has 1 saturated carbocycles. The molecule has 0 unspecified atom stereocenters. The summed E-state index contributed by atoms with van der Waals surface area (Å²) < 4.78 is 52.5. The van der Waals surface area contributed by atoms with E-state index in [1.807, 2.05) is 0 Å². The zero-order valence-corrected chi connectivity index (χ0v) is 15.2. The monoisotopic (exact) mass is 380 g/mol. The van der Waals surface area contributed by atoms with Crippen LogP contribution in [0.3, 0.4) is 0 Å². The third-order valence-corrected chi connectivity index (χ3v) is 5.24. The smallest absolute Gasteiger partial charge is 0.200 e. The van der Waals surface area contributed by atoms with Crippen molar-refractivity contribution in [2.75, 3.05) is 13.7 Å². The summed E-state index contributed by atoms with van der Waals surface area (Å²) in [5.74, 6) is -2.00. The fourth-order valence-electron chi connectivity index (χ4n) is 3.63. The summed E-state index contributed by atoms with van der Waals surface area (Å²) >= 11 is 0. The Kier molecular flexibility index (Phi) is 6.26. The Balaban J connectivity index is 1.56. The van der Waals surface area contributed by atoms with E-state index in [0.29, 0.717) is 17.7 Å². The second-order valence-corrected chi connectivity index (χ2v) is 6.94. The highest BCUT2D eigenvalue weighted by atomic mass is 19.2. The molecule has 1 fully saturated rings. The number of halogens is 3. The van der Waals surface area contributed by atoms with Crippen molar-refractivity contribution in [3.05, 3.63) is 58.9 Å².